The van der Waals surface area contributed by atoms with Gasteiger partial charge in [0, 0.05) is 22.7 Å². The number of nitriles is 1. The summed E-state index contributed by atoms with van der Waals surface area (Å²) in [5.74, 6) is -0.238. The Morgan fingerprint density at radius 1 is 1.32 bits per heavy atom. The molecule has 0 amide bonds. The molecule has 0 N–H and O–H groups in total. The van der Waals surface area contributed by atoms with E-state index >= 15 is 0 Å². The van der Waals surface area contributed by atoms with Crippen molar-refractivity contribution in [2.24, 2.45) is 0 Å². The Bertz CT molecular complexity index is 857. The summed E-state index contributed by atoms with van der Waals surface area (Å²) in [6.07, 6.45) is 2.43. The summed E-state index contributed by atoms with van der Waals surface area (Å²) >= 11 is 3.55. The molecule has 0 fully saturated rings. The minimum absolute atomic E-state index is 0.238. The lowest BCUT2D eigenvalue weighted by atomic mass is 9.99. The highest BCUT2D eigenvalue weighted by molar-refractivity contribution is 9.10. The van der Waals surface area contributed by atoms with Crippen LogP contribution in [0.5, 0.6) is 0 Å². The van der Waals surface area contributed by atoms with Crippen LogP contribution in [-0.2, 0) is 16.0 Å². The Morgan fingerprint density at radius 2 is 2.04 bits per heavy atom. The molecule has 0 saturated carbocycles. The summed E-state index contributed by atoms with van der Waals surface area (Å²) in [6, 6.07) is 4.03. The van der Waals surface area contributed by atoms with Gasteiger partial charge in [-0.25, -0.2) is 4.98 Å². The second kappa shape index (κ2) is 8.21. The fourth-order valence-electron chi connectivity index (χ4n) is 2.57. The van der Waals surface area contributed by atoms with Crippen molar-refractivity contribution in [3.63, 3.8) is 0 Å². The van der Waals surface area contributed by atoms with Gasteiger partial charge in [-0.05, 0) is 72.8 Å². The van der Waals surface area contributed by atoms with Gasteiger partial charge in [0.2, 0.25) is 0 Å². The predicted octanol–water partition coefficient (Wildman–Crippen LogP) is 4.20. The van der Waals surface area contributed by atoms with E-state index in [0.29, 0.717) is 24.3 Å². The average molecular weight is 402 g/mol. The average Bonchev–Trinajstić information content (AvgIpc) is 2.61. The number of nitrogens with zero attached hydrogens (tertiary/aromatic N) is 3. The summed E-state index contributed by atoms with van der Waals surface area (Å²) in [7, 11) is 0. The maximum absolute atomic E-state index is 11.6. The normalized spacial score (nSPS) is 10.4. The van der Waals surface area contributed by atoms with Gasteiger partial charge in [0.1, 0.15) is 11.8 Å². The Hall–Kier alpha value is -2.26. The summed E-state index contributed by atoms with van der Waals surface area (Å²) in [5.41, 5.74) is 5.60. The number of rotatable bonds is 5. The highest BCUT2D eigenvalue weighted by Gasteiger charge is 2.16. The third-order valence-electron chi connectivity index (χ3n) is 4.07. The monoisotopic (exact) mass is 401 g/mol. The Morgan fingerprint density at radius 3 is 2.68 bits per heavy atom. The molecule has 2 rings (SSSR count). The van der Waals surface area contributed by atoms with E-state index in [1.54, 1.807) is 13.1 Å². The molecule has 0 atom stereocenters. The number of hydrogen-bond acceptors (Lipinski definition) is 5. The van der Waals surface area contributed by atoms with E-state index in [2.05, 4.69) is 32.0 Å². The largest absolute Gasteiger partial charge is 0.466 e. The fourth-order valence-corrected chi connectivity index (χ4v) is 2.96. The first-order chi connectivity index (χ1) is 11.9. The van der Waals surface area contributed by atoms with Crippen molar-refractivity contribution < 1.29 is 9.53 Å². The van der Waals surface area contributed by atoms with Crippen LogP contribution in [0.15, 0.2) is 16.7 Å². The second-order valence-electron chi connectivity index (χ2n) is 5.77. The van der Waals surface area contributed by atoms with Gasteiger partial charge in [-0.2, -0.15) is 5.26 Å². The van der Waals surface area contributed by atoms with Crippen molar-refractivity contribution in [1.82, 2.24) is 9.97 Å². The number of halogens is 1. The first-order valence-corrected chi connectivity index (χ1v) is 8.86. The van der Waals surface area contributed by atoms with Crippen LogP contribution in [0, 0.1) is 32.1 Å². The number of aryl methyl sites for hydroxylation is 2. The summed E-state index contributed by atoms with van der Waals surface area (Å²) in [6.45, 7) is 8.07. The molecular weight excluding hydrogens is 382 g/mol. The predicted molar refractivity (Wildman–Crippen MR) is 99.0 cm³/mol. The van der Waals surface area contributed by atoms with E-state index < -0.39 is 0 Å². The van der Waals surface area contributed by atoms with Crippen LogP contribution in [0.3, 0.4) is 0 Å². The molecule has 6 heteroatoms. The Kier molecular flexibility index (Phi) is 6.27. The zero-order valence-corrected chi connectivity index (χ0v) is 16.4. The number of esters is 1. The Labute approximate surface area is 156 Å². The van der Waals surface area contributed by atoms with Crippen molar-refractivity contribution in [3.05, 3.63) is 44.8 Å². The zero-order valence-electron chi connectivity index (χ0n) is 14.8. The van der Waals surface area contributed by atoms with E-state index in [0.717, 1.165) is 32.6 Å². The minimum Gasteiger partial charge on any atom is -0.466 e. The number of aromatic nitrogens is 2. The SMILES string of the molecule is CCOC(=O)CCc1cnc(C#N)c(-c2nc(C)c(Br)c(C)c2C)c1. The minimum atomic E-state index is -0.238. The van der Waals surface area contributed by atoms with Crippen LogP contribution in [0.1, 0.15) is 41.4 Å². The van der Waals surface area contributed by atoms with Gasteiger partial charge in [0.15, 0.2) is 0 Å². The molecule has 0 aromatic carbocycles. The summed E-state index contributed by atoms with van der Waals surface area (Å²) in [4.78, 5) is 20.5. The van der Waals surface area contributed by atoms with Crippen molar-refractivity contribution in [3.8, 4) is 17.3 Å². The number of pyridine rings is 2. The van der Waals surface area contributed by atoms with Crippen LogP contribution >= 0.6 is 15.9 Å². The third-order valence-corrected chi connectivity index (χ3v) is 5.24. The van der Waals surface area contributed by atoms with Crippen molar-refractivity contribution in [2.75, 3.05) is 6.61 Å². The summed E-state index contributed by atoms with van der Waals surface area (Å²) in [5, 5.41) is 9.42. The highest BCUT2D eigenvalue weighted by Crippen LogP contribution is 2.31. The van der Waals surface area contributed by atoms with Gasteiger partial charge < -0.3 is 4.74 Å². The molecule has 0 saturated heterocycles. The number of ether oxygens (including phenoxy) is 1. The zero-order chi connectivity index (χ0) is 18.6. The van der Waals surface area contributed by atoms with E-state index in [1.165, 1.54) is 0 Å². The molecule has 2 aromatic heterocycles. The van der Waals surface area contributed by atoms with Crippen molar-refractivity contribution >= 4 is 21.9 Å². The molecule has 0 spiro atoms. The topological polar surface area (TPSA) is 75.9 Å². The molecule has 0 aliphatic carbocycles. The van der Waals surface area contributed by atoms with Crippen LogP contribution in [0.2, 0.25) is 0 Å². The molecule has 25 heavy (non-hydrogen) atoms. The van der Waals surface area contributed by atoms with Crippen LogP contribution in [-0.4, -0.2) is 22.5 Å². The van der Waals surface area contributed by atoms with Crippen molar-refractivity contribution in [2.45, 2.75) is 40.5 Å². The lowest BCUT2D eigenvalue weighted by Gasteiger charge is -2.14. The van der Waals surface area contributed by atoms with Gasteiger partial charge in [0.25, 0.3) is 0 Å². The highest BCUT2D eigenvalue weighted by atomic mass is 79.9. The fraction of sp³-hybridized carbons (Fsp3) is 0.368. The summed E-state index contributed by atoms with van der Waals surface area (Å²) < 4.78 is 5.93. The van der Waals surface area contributed by atoms with E-state index in [1.807, 2.05) is 26.8 Å². The van der Waals surface area contributed by atoms with Gasteiger partial charge in [-0.15, -0.1) is 0 Å². The maximum Gasteiger partial charge on any atom is 0.306 e. The molecular formula is C19H20BrN3O2. The maximum atomic E-state index is 11.6. The molecule has 0 bridgehead atoms. The molecule has 5 nitrogen and oxygen atoms in total. The number of carbonyl (C=O) groups excluding carboxylic acids is 1. The van der Waals surface area contributed by atoms with Crippen LogP contribution in [0.25, 0.3) is 11.3 Å². The van der Waals surface area contributed by atoms with E-state index in [-0.39, 0.29) is 12.4 Å². The molecule has 0 radical (unpaired) electrons. The van der Waals surface area contributed by atoms with Crippen LogP contribution in [0.4, 0.5) is 0 Å². The standard InChI is InChI=1S/C19H20BrN3O2/c1-5-25-17(24)7-6-14-8-15(16(9-21)22-10-14)19-12(3)11(2)18(20)13(4)23-19/h8,10H,5-7H2,1-4H3. The first-order valence-electron chi connectivity index (χ1n) is 8.07. The number of hydrogen-bond donors (Lipinski definition) is 0. The van der Waals surface area contributed by atoms with Gasteiger partial charge >= 0.3 is 5.97 Å². The second-order valence-corrected chi connectivity index (χ2v) is 6.56. The van der Waals surface area contributed by atoms with Crippen LogP contribution < -0.4 is 0 Å². The lowest BCUT2D eigenvalue weighted by molar-refractivity contribution is -0.143. The molecule has 2 heterocycles. The molecule has 0 unspecified atom stereocenters. The Balaban J connectivity index is 2.46. The molecule has 0 aliphatic heterocycles. The van der Waals surface area contributed by atoms with Gasteiger partial charge in [0.05, 0.1) is 18.0 Å². The van der Waals surface area contributed by atoms with E-state index in [4.69, 9.17) is 4.74 Å². The third kappa shape index (κ3) is 4.23. The van der Waals surface area contributed by atoms with Gasteiger partial charge in [-0.3, -0.25) is 9.78 Å². The quantitative estimate of drug-likeness (QED) is 0.701. The first kappa shape index (κ1) is 19.1. The smallest absolute Gasteiger partial charge is 0.306 e. The molecule has 0 aliphatic rings. The lowest BCUT2D eigenvalue weighted by Crippen LogP contribution is -2.06. The van der Waals surface area contributed by atoms with Gasteiger partial charge in [-0.1, -0.05) is 0 Å². The number of carbonyl (C=O) groups is 1. The molecule has 2 aromatic rings. The van der Waals surface area contributed by atoms with E-state index in [9.17, 15) is 10.1 Å². The van der Waals surface area contributed by atoms with Crippen molar-refractivity contribution in [1.29, 1.82) is 5.26 Å². The molecule has 130 valence electrons.